The van der Waals surface area contributed by atoms with E-state index in [0.29, 0.717) is 5.69 Å². The second kappa shape index (κ2) is 8.14. The van der Waals surface area contributed by atoms with Crippen molar-refractivity contribution in [2.24, 2.45) is 0 Å². The molecular formula is C22H17FN2O2S2. The van der Waals surface area contributed by atoms with Crippen molar-refractivity contribution in [1.82, 2.24) is 4.98 Å². The zero-order chi connectivity index (χ0) is 20.3. The average molecular weight is 425 g/mol. The number of nitrogens with one attached hydrogen (secondary N) is 1. The molecule has 1 heterocycles. The molecule has 1 N–H and O–H groups in total. The molecule has 0 bridgehead atoms. The summed E-state index contributed by atoms with van der Waals surface area (Å²) in [4.78, 5) is 4.66. The third-order valence-corrected chi connectivity index (χ3v) is 6.41. The maximum atomic E-state index is 13.7. The molecule has 3 aromatic carbocycles. The summed E-state index contributed by atoms with van der Waals surface area (Å²) in [7, 11) is -3.72. The van der Waals surface area contributed by atoms with Crippen LogP contribution in [0.25, 0.3) is 21.8 Å². The summed E-state index contributed by atoms with van der Waals surface area (Å²) in [5, 5.41) is 2.90. The molecule has 0 saturated heterocycles. The monoisotopic (exact) mass is 424 g/mol. The molecule has 0 unspecified atom stereocenters. The minimum absolute atomic E-state index is 0.132. The Morgan fingerprint density at radius 3 is 2.28 bits per heavy atom. The van der Waals surface area contributed by atoms with Gasteiger partial charge in [-0.05, 0) is 18.2 Å². The second-order valence-corrected chi connectivity index (χ2v) is 9.01. The van der Waals surface area contributed by atoms with Crippen LogP contribution in [0.15, 0.2) is 84.2 Å². The number of anilines is 1. The van der Waals surface area contributed by atoms with Crippen molar-refractivity contribution >= 4 is 27.0 Å². The van der Waals surface area contributed by atoms with Crippen LogP contribution in [0.4, 0.5) is 10.1 Å². The van der Waals surface area contributed by atoms with E-state index in [1.807, 2.05) is 47.8 Å². The Labute approximate surface area is 172 Å². The highest BCUT2D eigenvalue weighted by Gasteiger charge is 2.15. The van der Waals surface area contributed by atoms with Crippen LogP contribution in [0.2, 0.25) is 0 Å². The molecule has 0 fully saturated rings. The molecule has 4 nitrogen and oxygen atoms in total. The van der Waals surface area contributed by atoms with Gasteiger partial charge in [-0.15, -0.1) is 11.3 Å². The first-order valence-electron chi connectivity index (χ1n) is 8.85. The third kappa shape index (κ3) is 4.70. The molecule has 4 aromatic rings. The zero-order valence-corrected chi connectivity index (χ0v) is 16.9. The van der Waals surface area contributed by atoms with Crippen LogP contribution in [-0.4, -0.2) is 13.4 Å². The van der Waals surface area contributed by atoms with E-state index in [1.54, 1.807) is 29.5 Å². The Hall–Kier alpha value is -3.03. The van der Waals surface area contributed by atoms with E-state index >= 15 is 0 Å². The summed E-state index contributed by atoms with van der Waals surface area (Å²) in [6.07, 6.45) is 0. The molecule has 0 amide bonds. The van der Waals surface area contributed by atoms with Crippen molar-refractivity contribution in [2.45, 2.75) is 5.75 Å². The molecule has 29 heavy (non-hydrogen) atoms. The highest BCUT2D eigenvalue weighted by Crippen LogP contribution is 2.29. The fourth-order valence-electron chi connectivity index (χ4n) is 2.86. The van der Waals surface area contributed by atoms with Gasteiger partial charge < -0.3 is 0 Å². The number of halogens is 1. The first-order valence-corrected chi connectivity index (χ1v) is 11.4. The van der Waals surface area contributed by atoms with Gasteiger partial charge in [0.05, 0.1) is 11.4 Å². The highest BCUT2D eigenvalue weighted by molar-refractivity contribution is 7.91. The smallest absolute Gasteiger partial charge is 0.237 e. The largest absolute Gasteiger partial charge is 0.283 e. The lowest BCUT2D eigenvalue weighted by Gasteiger charge is -2.09. The van der Waals surface area contributed by atoms with Crippen LogP contribution in [0.1, 0.15) is 5.56 Å². The van der Waals surface area contributed by atoms with Gasteiger partial charge in [0.2, 0.25) is 10.0 Å². The standard InChI is InChI=1S/C22H17FN2O2S2/c23-20-9-5-4-8-18(20)15-29(26,27)25-19-12-10-16(11-13-19)21-14-28-22(24-21)17-6-2-1-3-7-17/h1-14,25H,15H2. The number of benzene rings is 3. The summed E-state index contributed by atoms with van der Waals surface area (Å²) in [6, 6.07) is 22.7. The fraction of sp³-hybridized carbons (Fsp3) is 0.0455. The van der Waals surface area contributed by atoms with Crippen molar-refractivity contribution in [2.75, 3.05) is 4.72 Å². The molecule has 4 rings (SSSR count). The number of thiazole rings is 1. The highest BCUT2D eigenvalue weighted by atomic mass is 32.2. The topological polar surface area (TPSA) is 59.1 Å². The number of aromatic nitrogens is 1. The maximum Gasteiger partial charge on any atom is 0.237 e. The Morgan fingerprint density at radius 1 is 0.862 bits per heavy atom. The van der Waals surface area contributed by atoms with Gasteiger partial charge in [-0.2, -0.15) is 0 Å². The molecule has 0 spiro atoms. The van der Waals surface area contributed by atoms with Crippen molar-refractivity contribution in [3.8, 4) is 21.8 Å². The molecule has 0 radical (unpaired) electrons. The lowest BCUT2D eigenvalue weighted by atomic mass is 10.1. The van der Waals surface area contributed by atoms with Crippen molar-refractivity contribution in [3.05, 3.63) is 95.6 Å². The Bertz CT molecular complexity index is 1220. The van der Waals surface area contributed by atoms with E-state index in [0.717, 1.165) is 21.8 Å². The molecule has 0 aliphatic heterocycles. The van der Waals surface area contributed by atoms with E-state index in [2.05, 4.69) is 9.71 Å². The van der Waals surface area contributed by atoms with Crippen LogP contribution in [0.3, 0.4) is 0 Å². The Kier molecular flexibility index (Phi) is 5.42. The molecule has 7 heteroatoms. The lowest BCUT2D eigenvalue weighted by molar-refractivity contribution is 0.591. The van der Waals surface area contributed by atoms with Crippen LogP contribution in [0.5, 0.6) is 0 Å². The summed E-state index contributed by atoms with van der Waals surface area (Å²) in [5.74, 6) is -0.959. The quantitative estimate of drug-likeness (QED) is 0.441. The molecule has 0 aliphatic carbocycles. The number of rotatable bonds is 6. The van der Waals surface area contributed by atoms with Gasteiger partial charge in [0.15, 0.2) is 0 Å². The fourth-order valence-corrected chi connectivity index (χ4v) is 4.91. The van der Waals surface area contributed by atoms with Gasteiger partial charge in [0.1, 0.15) is 10.8 Å². The first kappa shape index (κ1) is 19.3. The number of hydrogen-bond acceptors (Lipinski definition) is 4. The number of nitrogens with zero attached hydrogens (tertiary/aromatic N) is 1. The summed E-state index contributed by atoms with van der Waals surface area (Å²) in [6.45, 7) is 0. The minimum Gasteiger partial charge on any atom is -0.283 e. The van der Waals surface area contributed by atoms with Crippen LogP contribution in [-0.2, 0) is 15.8 Å². The maximum absolute atomic E-state index is 13.7. The van der Waals surface area contributed by atoms with E-state index in [-0.39, 0.29) is 5.56 Å². The van der Waals surface area contributed by atoms with E-state index < -0.39 is 21.6 Å². The van der Waals surface area contributed by atoms with E-state index in [4.69, 9.17) is 0 Å². The van der Waals surface area contributed by atoms with Crippen LogP contribution in [0, 0.1) is 5.82 Å². The van der Waals surface area contributed by atoms with E-state index in [9.17, 15) is 12.8 Å². The number of sulfonamides is 1. The predicted octanol–water partition coefficient (Wildman–Crippen LogP) is 5.56. The van der Waals surface area contributed by atoms with Gasteiger partial charge in [0.25, 0.3) is 0 Å². The zero-order valence-electron chi connectivity index (χ0n) is 15.2. The molecule has 0 saturated carbocycles. The summed E-state index contributed by atoms with van der Waals surface area (Å²) < 4.78 is 40.9. The normalized spacial score (nSPS) is 11.3. The lowest BCUT2D eigenvalue weighted by Crippen LogP contribution is -2.15. The summed E-state index contributed by atoms with van der Waals surface area (Å²) >= 11 is 1.56. The van der Waals surface area contributed by atoms with Gasteiger partial charge in [0, 0.05) is 27.8 Å². The molecule has 1 aromatic heterocycles. The van der Waals surface area contributed by atoms with Crippen molar-refractivity contribution in [1.29, 1.82) is 0 Å². The molecule has 0 aliphatic rings. The van der Waals surface area contributed by atoms with Gasteiger partial charge in [-0.25, -0.2) is 17.8 Å². The SMILES string of the molecule is O=S(=O)(Cc1ccccc1F)Nc1ccc(-c2csc(-c3ccccc3)n2)cc1. The Balaban J connectivity index is 1.48. The van der Waals surface area contributed by atoms with Crippen molar-refractivity contribution < 1.29 is 12.8 Å². The molecule has 0 atom stereocenters. The van der Waals surface area contributed by atoms with Gasteiger partial charge >= 0.3 is 0 Å². The summed E-state index contributed by atoms with van der Waals surface area (Å²) in [5.41, 5.74) is 3.33. The minimum atomic E-state index is -3.72. The molecule has 146 valence electrons. The van der Waals surface area contributed by atoms with Gasteiger partial charge in [-0.3, -0.25) is 4.72 Å². The van der Waals surface area contributed by atoms with Crippen molar-refractivity contribution in [3.63, 3.8) is 0 Å². The Morgan fingerprint density at radius 2 is 1.55 bits per heavy atom. The number of hydrogen-bond donors (Lipinski definition) is 1. The van der Waals surface area contributed by atoms with Crippen LogP contribution >= 0.6 is 11.3 Å². The second-order valence-electron chi connectivity index (χ2n) is 6.43. The van der Waals surface area contributed by atoms with Crippen LogP contribution < -0.4 is 4.72 Å². The average Bonchev–Trinajstić information content (AvgIpc) is 3.21. The predicted molar refractivity (Wildman–Crippen MR) is 116 cm³/mol. The first-order chi connectivity index (χ1) is 14.0. The van der Waals surface area contributed by atoms with E-state index in [1.165, 1.54) is 18.2 Å². The molecular weight excluding hydrogens is 407 g/mol. The van der Waals surface area contributed by atoms with Gasteiger partial charge in [-0.1, -0.05) is 60.7 Å². The third-order valence-electron chi connectivity index (χ3n) is 4.28.